The largest absolute Gasteiger partial charge is 0.368 e. The minimum absolute atomic E-state index is 0.0398. The van der Waals surface area contributed by atoms with E-state index in [9.17, 15) is 9.59 Å². The van der Waals surface area contributed by atoms with E-state index >= 15 is 0 Å². The molecule has 6 nitrogen and oxygen atoms in total. The Labute approximate surface area is 169 Å². The first-order valence-corrected chi connectivity index (χ1v) is 10.8. The smallest absolute Gasteiger partial charge is 0.273 e. The first-order valence-electron chi connectivity index (χ1n) is 9.89. The summed E-state index contributed by atoms with van der Waals surface area (Å²) < 4.78 is 5.52. The van der Waals surface area contributed by atoms with Crippen molar-refractivity contribution in [3.63, 3.8) is 0 Å². The molecule has 2 aliphatic heterocycles. The van der Waals surface area contributed by atoms with Crippen LogP contribution in [0.15, 0.2) is 35.7 Å². The Morgan fingerprint density at radius 3 is 2.64 bits per heavy atom. The fourth-order valence-electron chi connectivity index (χ4n) is 3.74. The van der Waals surface area contributed by atoms with Crippen molar-refractivity contribution in [2.24, 2.45) is 0 Å². The Morgan fingerprint density at radius 1 is 1.07 bits per heavy atom. The van der Waals surface area contributed by atoms with Gasteiger partial charge in [-0.2, -0.15) is 0 Å². The van der Waals surface area contributed by atoms with Crippen LogP contribution in [0.4, 0.5) is 0 Å². The molecule has 1 aromatic carbocycles. The first-order chi connectivity index (χ1) is 13.7. The molecule has 2 amide bonds. The number of ether oxygens (including phenoxy) is 1. The number of rotatable bonds is 4. The fourth-order valence-corrected chi connectivity index (χ4v) is 4.54. The van der Waals surface area contributed by atoms with Crippen LogP contribution in [0.1, 0.15) is 40.3 Å². The second-order valence-corrected chi connectivity index (χ2v) is 8.20. The number of benzene rings is 1. The molecule has 0 bridgehead atoms. The molecule has 0 N–H and O–H groups in total. The number of carbonyl (C=O) groups is 2. The van der Waals surface area contributed by atoms with Gasteiger partial charge in [-0.15, -0.1) is 11.3 Å². The van der Waals surface area contributed by atoms with Crippen LogP contribution < -0.4 is 0 Å². The number of hydrogen-bond donors (Lipinski definition) is 0. The van der Waals surface area contributed by atoms with Crippen molar-refractivity contribution in [3.05, 3.63) is 52.0 Å². The van der Waals surface area contributed by atoms with Crippen molar-refractivity contribution in [2.45, 2.75) is 31.8 Å². The standard InChI is InChI=1S/C21H25N3O3S/c25-20(17-15-28-19(22-17)14-16-6-2-1-3-7-16)23-9-5-10-24(12-11-23)21(26)18-8-4-13-27-18/h1-3,6-7,15,18H,4-5,8-14H2/t18-/m0/s1. The zero-order valence-electron chi connectivity index (χ0n) is 15.9. The van der Waals surface area contributed by atoms with Crippen molar-refractivity contribution in [3.8, 4) is 0 Å². The van der Waals surface area contributed by atoms with Gasteiger partial charge in [0.05, 0.1) is 5.01 Å². The molecule has 7 heteroatoms. The number of thiazole rings is 1. The van der Waals surface area contributed by atoms with Gasteiger partial charge < -0.3 is 14.5 Å². The Bertz CT molecular complexity index is 817. The minimum Gasteiger partial charge on any atom is -0.368 e. The summed E-state index contributed by atoms with van der Waals surface area (Å²) in [6, 6.07) is 10.1. The summed E-state index contributed by atoms with van der Waals surface area (Å²) in [6.07, 6.45) is 2.99. The van der Waals surface area contributed by atoms with E-state index in [0.717, 1.165) is 30.7 Å². The minimum atomic E-state index is -0.290. The predicted molar refractivity (Wildman–Crippen MR) is 107 cm³/mol. The first kappa shape index (κ1) is 19.1. The molecule has 4 rings (SSSR count). The van der Waals surface area contributed by atoms with Crippen LogP contribution >= 0.6 is 11.3 Å². The summed E-state index contributed by atoms with van der Waals surface area (Å²) in [5, 5.41) is 2.79. The lowest BCUT2D eigenvalue weighted by Gasteiger charge is -2.24. The number of nitrogens with zero attached hydrogens (tertiary/aromatic N) is 3. The van der Waals surface area contributed by atoms with Crippen LogP contribution in [0, 0.1) is 0 Å². The molecule has 0 saturated carbocycles. The molecule has 148 valence electrons. The molecule has 3 heterocycles. The normalized spacial score (nSPS) is 20.2. The Hall–Kier alpha value is -2.25. The van der Waals surface area contributed by atoms with Crippen molar-refractivity contribution in [1.29, 1.82) is 0 Å². The van der Waals surface area contributed by atoms with Crippen molar-refractivity contribution in [2.75, 3.05) is 32.8 Å². The van der Waals surface area contributed by atoms with Gasteiger partial charge in [-0.25, -0.2) is 4.98 Å². The highest BCUT2D eigenvalue weighted by Gasteiger charge is 2.30. The van der Waals surface area contributed by atoms with Crippen molar-refractivity contribution >= 4 is 23.2 Å². The highest BCUT2D eigenvalue weighted by molar-refractivity contribution is 7.09. The highest BCUT2D eigenvalue weighted by Crippen LogP contribution is 2.19. The summed E-state index contributed by atoms with van der Waals surface area (Å²) in [5.74, 6) is 0.0348. The van der Waals surface area contributed by atoms with Crippen LogP contribution in [0.25, 0.3) is 0 Å². The van der Waals surface area contributed by atoms with E-state index < -0.39 is 0 Å². The second-order valence-electron chi connectivity index (χ2n) is 7.26. The lowest BCUT2D eigenvalue weighted by Crippen LogP contribution is -2.41. The third-order valence-corrected chi connectivity index (χ3v) is 6.12. The van der Waals surface area contributed by atoms with Gasteiger partial charge in [-0.1, -0.05) is 30.3 Å². The Balaban J connectivity index is 1.35. The molecule has 0 spiro atoms. The van der Waals surface area contributed by atoms with Crippen molar-refractivity contribution < 1.29 is 14.3 Å². The molecule has 1 aromatic heterocycles. The van der Waals surface area contributed by atoms with E-state index in [-0.39, 0.29) is 17.9 Å². The molecular weight excluding hydrogens is 374 g/mol. The van der Waals surface area contributed by atoms with Crippen LogP contribution in [0.2, 0.25) is 0 Å². The van der Waals surface area contributed by atoms with E-state index in [4.69, 9.17) is 4.74 Å². The number of hydrogen-bond acceptors (Lipinski definition) is 5. The fraction of sp³-hybridized carbons (Fsp3) is 0.476. The molecule has 2 aromatic rings. The third-order valence-electron chi connectivity index (χ3n) is 5.27. The van der Waals surface area contributed by atoms with Gasteiger partial charge in [0.1, 0.15) is 11.8 Å². The summed E-state index contributed by atoms with van der Waals surface area (Å²) in [6.45, 7) is 3.11. The predicted octanol–water partition coefficient (Wildman–Crippen LogP) is 2.59. The van der Waals surface area contributed by atoms with Gasteiger partial charge in [-0.05, 0) is 24.8 Å². The second kappa shape index (κ2) is 8.84. The summed E-state index contributed by atoms with van der Waals surface area (Å²) in [5.41, 5.74) is 1.70. The van der Waals surface area contributed by atoms with E-state index in [1.54, 1.807) is 0 Å². The molecule has 0 unspecified atom stereocenters. The highest BCUT2D eigenvalue weighted by atomic mass is 32.1. The van der Waals surface area contributed by atoms with Crippen LogP contribution in [0.3, 0.4) is 0 Å². The average molecular weight is 400 g/mol. The molecule has 28 heavy (non-hydrogen) atoms. The van der Waals surface area contributed by atoms with E-state index in [1.807, 2.05) is 33.4 Å². The maximum Gasteiger partial charge on any atom is 0.273 e. The zero-order chi connectivity index (χ0) is 19.3. The van der Waals surface area contributed by atoms with Gasteiger partial charge in [0.15, 0.2) is 0 Å². The van der Waals surface area contributed by atoms with Gasteiger partial charge in [0, 0.05) is 44.6 Å². The van der Waals surface area contributed by atoms with E-state index in [2.05, 4.69) is 17.1 Å². The van der Waals surface area contributed by atoms with E-state index in [0.29, 0.717) is 38.5 Å². The van der Waals surface area contributed by atoms with Gasteiger partial charge >= 0.3 is 0 Å². The number of aromatic nitrogens is 1. The Kier molecular flexibility index (Phi) is 6.02. The summed E-state index contributed by atoms with van der Waals surface area (Å²) in [7, 11) is 0. The average Bonchev–Trinajstić information content (AvgIpc) is 3.35. The molecular formula is C21H25N3O3S. The van der Waals surface area contributed by atoms with Crippen LogP contribution in [0.5, 0.6) is 0 Å². The molecule has 2 aliphatic rings. The van der Waals surface area contributed by atoms with Gasteiger partial charge in [-0.3, -0.25) is 9.59 Å². The van der Waals surface area contributed by atoms with Gasteiger partial charge in [0.2, 0.25) is 0 Å². The maximum absolute atomic E-state index is 12.9. The molecule has 2 saturated heterocycles. The summed E-state index contributed by atoms with van der Waals surface area (Å²) >= 11 is 1.52. The van der Waals surface area contributed by atoms with Gasteiger partial charge in [0.25, 0.3) is 11.8 Å². The quantitative estimate of drug-likeness (QED) is 0.793. The Morgan fingerprint density at radius 2 is 1.86 bits per heavy atom. The maximum atomic E-state index is 12.9. The molecule has 2 fully saturated rings. The lowest BCUT2D eigenvalue weighted by molar-refractivity contribution is -0.140. The van der Waals surface area contributed by atoms with E-state index in [1.165, 1.54) is 16.9 Å². The van der Waals surface area contributed by atoms with Crippen LogP contribution in [-0.4, -0.2) is 65.5 Å². The molecule has 0 radical (unpaired) electrons. The van der Waals surface area contributed by atoms with Crippen LogP contribution in [-0.2, 0) is 16.0 Å². The zero-order valence-corrected chi connectivity index (χ0v) is 16.7. The molecule has 1 atom stereocenters. The lowest BCUT2D eigenvalue weighted by atomic mass is 10.2. The number of amides is 2. The number of carbonyl (C=O) groups excluding carboxylic acids is 2. The molecule has 0 aliphatic carbocycles. The van der Waals surface area contributed by atoms with Crippen molar-refractivity contribution in [1.82, 2.24) is 14.8 Å². The topological polar surface area (TPSA) is 62.7 Å². The third kappa shape index (κ3) is 4.42. The monoisotopic (exact) mass is 399 g/mol. The summed E-state index contributed by atoms with van der Waals surface area (Å²) in [4.78, 5) is 33.7. The SMILES string of the molecule is O=C(c1csc(Cc2ccccc2)n1)N1CCCN(C(=O)[C@@H]2CCCO2)CC1.